The molecule has 9 heteroatoms. The molecule has 0 fully saturated rings. The zero-order chi connectivity index (χ0) is 22.9. The van der Waals surface area contributed by atoms with Gasteiger partial charge in [-0.15, -0.1) is 0 Å². The van der Waals surface area contributed by atoms with Crippen LogP contribution in [-0.4, -0.2) is 24.5 Å². The molecule has 0 aliphatic carbocycles. The Morgan fingerprint density at radius 1 is 0.812 bits per heavy atom. The quantitative estimate of drug-likeness (QED) is 0.382. The molecule has 0 N–H and O–H groups in total. The predicted octanol–water partition coefficient (Wildman–Crippen LogP) is 5.75. The monoisotopic (exact) mass is 458 g/mol. The van der Waals surface area contributed by atoms with Crippen molar-refractivity contribution >= 4 is 9.84 Å². The average molecular weight is 458 g/mol. The molecule has 164 valence electrons. The van der Waals surface area contributed by atoms with Crippen LogP contribution >= 0.6 is 0 Å². The fraction of sp³-hybridized carbons (Fsp3) is 0.0870. The first-order chi connectivity index (χ1) is 15.1. The van der Waals surface area contributed by atoms with E-state index >= 15 is 0 Å². The number of sulfone groups is 1. The van der Waals surface area contributed by atoms with Crippen molar-refractivity contribution < 1.29 is 26.3 Å². The van der Waals surface area contributed by atoms with Crippen molar-refractivity contribution in [2.75, 3.05) is 6.26 Å². The summed E-state index contributed by atoms with van der Waals surface area (Å²) in [5.41, 5.74) is -1.18. The van der Waals surface area contributed by atoms with Crippen LogP contribution in [0.15, 0.2) is 90.0 Å². The van der Waals surface area contributed by atoms with Crippen molar-refractivity contribution in [3.63, 3.8) is 0 Å². The van der Waals surface area contributed by atoms with Gasteiger partial charge in [0.1, 0.15) is 11.5 Å². The summed E-state index contributed by atoms with van der Waals surface area (Å²) in [6.07, 6.45) is -2.64. The maximum absolute atomic E-state index is 13.8. The molecule has 0 aliphatic heterocycles. The number of para-hydroxylation sites is 1. The minimum absolute atomic E-state index is 0.0578. The van der Waals surface area contributed by atoms with Gasteiger partial charge in [0.2, 0.25) is 0 Å². The normalized spacial score (nSPS) is 12.0. The van der Waals surface area contributed by atoms with Gasteiger partial charge in [0, 0.05) is 23.6 Å². The second-order valence-corrected chi connectivity index (χ2v) is 9.00. The van der Waals surface area contributed by atoms with E-state index in [0.29, 0.717) is 17.2 Å². The first kappa shape index (κ1) is 21.6. The van der Waals surface area contributed by atoms with Gasteiger partial charge in [-0.1, -0.05) is 36.4 Å². The van der Waals surface area contributed by atoms with Gasteiger partial charge in [0.05, 0.1) is 10.6 Å². The molecular formula is C23H17F3N2O3S. The van der Waals surface area contributed by atoms with Crippen LogP contribution in [0, 0.1) is 0 Å². The number of nitrogens with zero attached hydrogens (tertiary/aromatic N) is 2. The molecule has 0 aliphatic rings. The lowest BCUT2D eigenvalue weighted by molar-refractivity contribution is -0.140. The van der Waals surface area contributed by atoms with Gasteiger partial charge in [-0.3, -0.25) is 0 Å². The number of aromatic nitrogens is 2. The molecule has 3 aromatic carbocycles. The Bertz CT molecular complexity index is 1350. The van der Waals surface area contributed by atoms with Crippen LogP contribution < -0.4 is 4.74 Å². The second kappa shape index (κ2) is 8.16. The zero-order valence-electron chi connectivity index (χ0n) is 16.7. The molecule has 1 heterocycles. The summed E-state index contributed by atoms with van der Waals surface area (Å²) in [6, 6.07) is 21.0. The van der Waals surface area contributed by atoms with Crippen LogP contribution in [0.1, 0.15) is 5.69 Å². The van der Waals surface area contributed by atoms with Crippen LogP contribution in [0.3, 0.4) is 0 Å². The van der Waals surface area contributed by atoms with E-state index in [-0.39, 0.29) is 16.0 Å². The van der Waals surface area contributed by atoms with Crippen molar-refractivity contribution in [2.24, 2.45) is 0 Å². The molecule has 0 spiro atoms. The maximum atomic E-state index is 13.8. The van der Waals surface area contributed by atoms with Crippen LogP contribution in [0.2, 0.25) is 0 Å². The average Bonchev–Trinajstić information content (AvgIpc) is 3.20. The van der Waals surface area contributed by atoms with Crippen molar-refractivity contribution in [1.29, 1.82) is 0 Å². The molecule has 0 unspecified atom stereocenters. The fourth-order valence-electron chi connectivity index (χ4n) is 3.22. The molecular weight excluding hydrogens is 441 g/mol. The molecule has 4 aromatic rings. The molecule has 32 heavy (non-hydrogen) atoms. The summed E-state index contributed by atoms with van der Waals surface area (Å²) in [6.45, 7) is 0. The third-order valence-corrected chi connectivity index (χ3v) is 5.79. The number of benzene rings is 3. The highest BCUT2D eigenvalue weighted by molar-refractivity contribution is 7.90. The second-order valence-electron chi connectivity index (χ2n) is 7.01. The molecule has 0 radical (unpaired) electrons. The minimum Gasteiger partial charge on any atom is -0.457 e. The topological polar surface area (TPSA) is 61.2 Å². The molecule has 1 aromatic heterocycles. The van der Waals surface area contributed by atoms with Gasteiger partial charge in [-0.2, -0.15) is 18.3 Å². The number of ether oxygens (including phenoxy) is 1. The highest BCUT2D eigenvalue weighted by Crippen LogP contribution is 2.39. The van der Waals surface area contributed by atoms with E-state index < -0.39 is 21.7 Å². The van der Waals surface area contributed by atoms with E-state index in [1.54, 1.807) is 36.4 Å². The number of halogens is 3. The van der Waals surface area contributed by atoms with Crippen LogP contribution in [0.25, 0.3) is 16.8 Å². The zero-order valence-corrected chi connectivity index (χ0v) is 17.6. The third-order valence-electron chi connectivity index (χ3n) is 4.64. The van der Waals surface area contributed by atoms with E-state index in [2.05, 4.69) is 5.10 Å². The van der Waals surface area contributed by atoms with Crippen LogP contribution in [0.4, 0.5) is 13.2 Å². The van der Waals surface area contributed by atoms with Crippen molar-refractivity contribution in [3.8, 4) is 28.3 Å². The molecule has 0 saturated carbocycles. The summed E-state index contributed by atoms with van der Waals surface area (Å²) >= 11 is 0. The van der Waals surface area contributed by atoms with E-state index in [1.165, 1.54) is 30.5 Å². The third kappa shape index (κ3) is 4.52. The van der Waals surface area contributed by atoms with Gasteiger partial charge in [-0.25, -0.2) is 13.1 Å². The van der Waals surface area contributed by atoms with E-state index in [0.717, 1.165) is 10.9 Å². The smallest absolute Gasteiger partial charge is 0.435 e. The summed E-state index contributed by atoms with van der Waals surface area (Å²) in [7, 11) is -3.76. The summed E-state index contributed by atoms with van der Waals surface area (Å²) in [4.78, 5) is -0.198. The van der Waals surface area contributed by atoms with Gasteiger partial charge in [0.25, 0.3) is 0 Å². The Balaban J connectivity index is 1.76. The Kier molecular flexibility index (Phi) is 5.52. The minimum atomic E-state index is -4.78. The van der Waals surface area contributed by atoms with Crippen molar-refractivity contribution in [2.45, 2.75) is 11.1 Å². The summed E-state index contributed by atoms with van der Waals surface area (Å²) in [5, 5.41) is 3.72. The largest absolute Gasteiger partial charge is 0.457 e. The Labute approximate surface area is 182 Å². The lowest BCUT2D eigenvalue weighted by Gasteiger charge is -2.09. The fourth-order valence-corrected chi connectivity index (χ4v) is 4.12. The first-order valence-corrected chi connectivity index (χ1v) is 11.3. The molecule has 0 amide bonds. The Hall–Kier alpha value is -3.59. The Morgan fingerprint density at radius 2 is 1.41 bits per heavy atom. The first-order valence-electron chi connectivity index (χ1n) is 9.42. The maximum Gasteiger partial charge on any atom is 0.435 e. The highest BCUT2D eigenvalue weighted by Gasteiger charge is 2.38. The Morgan fingerprint density at radius 3 is 2.03 bits per heavy atom. The predicted molar refractivity (Wildman–Crippen MR) is 114 cm³/mol. The molecule has 0 bridgehead atoms. The number of hydrogen-bond acceptors (Lipinski definition) is 4. The van der Waals surface area contributed by atoms with Crippen molar-refractivity contribution in [3.05, 3.63) is 90.8 Å². The van der Waals surface area contributed by atoms with Gasteiger partial charge in [0.15, 0.2) is 15.5 Å². The standard InChI is InChI=1S/C23H17F3N2O3S/c1-32(29,30)21-10-6-5-9-19(21)20-15-28(27-22(20)23(24,25)26)16-11-13-18(14-12-16)31-17-7-3-2-4-8-17/h2-15H,1H3. The van der Waals surface area contributed by atoms with Gasteiger partial charge in [-0.05, 0) is 42.5 Å². The lowest BCUT2D eigenvalue weighted by atomic mass is 10.1. The van der Waals surface area contributed by atoms with Gasteiger partial charge < -0.3 is 4.74 Å². The highest BCUT2D eigenvalue weighted by atomic mass is 32.2. The number of rotatable bonds is 5. The van der Waals surface area contributed by atoms with E-state index in [4.69, 9.17) is 4.74 Å². The summed E-state index contributed by atoms with van der Waals surface area (Å²) < 4.78 is 72.3. The number of alkyl halides is 3. The molecule has 0 saturated heterocycles. The lowest BCUT2D eigenvalue weighted by Crippen LogP contribution is -2.09. The SMILES string of the molecule is CS(=O)(=O)c1ccccc1-c1cn(-c2ccc(Oc3ccccc3)cc2)nc1C(F)(F)F. The van der Waals surface area contributed by atoms with Crippen molar-refractivity contribution in [1.82, 2.24) is 9.78 Å². The molecule has 4 rings (SSSR count). The van der Waals surface area contributed by atoms with Crippen LogP contribution in [-0.2, 0) is 16.0 Å². The summed E-state index contributed by atoms with van der Waals surface area (Å²) in [5.74, 6) is 1.13. The molecule has 0 atom stereocenters. The van der Waals surface area contributed by atoms with Crippen LogP contribution in [0.5, 0.6) is 11.5 Å². The molecule has 5 nitrogen and oxygen atoms in total. The van der Waals surface area contributed by atoms with E-state index in [1.807, 2.05) is 18.2 Å². The van der Waals surface area contributed by atoms with E-state index in [9.17, 15) is 21.6 Å². The van der Waals surface area contributed by atoms with Gasteiger partial charge >= 0.3 is 6.18 Å². The number of hydrogen-bond donors (Lipinski definition) is 0.